The highest BCUT2D eigenvalue weighted by Gasteiger charge is 2.38. The number of primary amides is 1. The Balaban J connectivity index is 0.00000102. The molecule has 16 heteroatoms. The quantitative estimate of drug-likeness (QED) is 0.0540. The Morgan fingerprint density at radius 1 is 0.833 bits per heavy atom. The molecule has 0 aromatic heterocycles. The number of hydrogen-bond donors (Lipinski definition) is 7. The topological polar surface area (TPSA) is 244 Å². The van der Waals surface area contributed by atoms with Gasteiger partial charge in [0.05, 0.1) is 5.92 Å². The van der Waals surface area contributed by atoms with E-state index in [9.17, 15) is 27.6 Å². The molecule has 4 rings (SSSR count). The molecule has 0 spiro atoms. The van der Waals surface area contributed by atoms with E-state index in [-0.39, 0.29) is 37.1 Å². The summed E-state index contributed by atoms with van der Waals surface area (Å²) in [7, 11) is 1.61. The fourth-order valence-corrected chi connectivity index (χ4v) is 5.53. The monoisotopic (exact) mass is 748 g/mol. The number of nitrogens with zero attached hydrogens (tertiary/aromatic N) is 2. The van der Waals surface area contributed by atoms with Gasteiger partial charge in [-0.25, -0.2) is 4.79 Å². The standard InChI is InChI=1S/C36H42N8O3.C2HF3O2/c1-44(31(21-23-8-3-2-4-9-23)34(46)43-30(33(39)45)12-7-19-42-36(40)41)35(47)29(20-24-13-15-26(16-14-24)32(37)38)28-18-17-25-10-5-6-11-27(25)22-28;3-2(4,5)1(6)7/h2-6,8-11,13-18,22,29-31H,7,12,19-21H2,1H3,(H3,37,38)(H2,39,45)(H,43,46)(H4,40,41,42);(H,6,7)/t29?,30-,31-;/m0./s1. The molecular formula is C38H43F3N8O5. The van der Waals surface area contributed by atoms with E-state index in [0.29, 0.717) is 18.4 Å². The fourth-order valence-electron chi connectivity index (χ4n) is 5.53. The number of hydrogen-bond acceptors (Lipinski definition) is 6. The van der Waals surface area contributed by atoms with Gasteiger partial charge in [0.2, 0.25) is 17.7 Å². The van der Waals surface area contributed by atoms with Crippen molar-refractivity contribution in [3.8, 4) is 0 Å². The minimum atomic E-state index is -5.08. The molecule has 11 N–H and O–H groups in total. The number of nitrogen functional groups attached to an aromatic ring is 1. The Kier molecular flexibility index (Phi) is 15.1. The molecule has 286 valence electrons. The van der Waals surface area contributed by atoms with Crippen LogP contribution in [0.2, 0.25) is 0 Å². The molecule has 3 amide bonds. The van der Waals surface area contributed by atoms with Crippen LogP contribution < -0.4 is 28.3 Å². The molecule has 3 atom stereocenters. The number of rotatable bonds is 15. The van der Waals surface area contributed by atoms with Crippen molar-refractivity contribution in [3.63, 3.8) is 0 Å². The number of carbonyl (C=O) groups excluding carboxylic acids is 3. The summed E-state index contributed by atoms with van der Waals surface area (Å²) in [5.41, 5.74) is 25.2. The Bertz CT molecular complexity index is 1950. The maximum Gasteiger partial charge on any atom is 0.490 e. The summed E-state index contributed by atoms with van der Waals surface area (Å²) in [6, 6.07) is 28.5. The van der Waals surface area contributed by atoms with E-state index >= 15 is 0 Å². The van der Waals surface area contributed by atoms with Crippen LogP contribution in [0.15, 0.2) is 102 Å². The first-order valence-corrected chi connectivity index (χ1v) is 16.7. The third kappa shape index (κ3) is 12.6. The highest BCUT2D eigenvalue weighted by Crippen LogP contribution is 2.28. The smallest absolute Gasteiger partial charge is 0.475 e. The number of carbonyl (C=O) groups is 4. The summed E-state index contributed by atoms with van der Waals surface area (Å²) in [6.45, 7) is 0.272. The number of benzene rings is 4. The molecule has 0 fully saturated rings. The number of amidine groups is 1. The van der Waals surface area contributed by atoms with E-state index in [2.05, 4.69) is 10.3 Å². The number of likely N-dealkylation sites (N-methyl/N-ethyl adjacent to an activating group) is 1. The average Bonchev–Trinajstić information content (AvgIpc) is 3.13. The first kappa shape index (κ1) is 42.0. The van der Waals surface area contributed by atoms with Crippen LogP contribution in [0.25, 0.3) is 10.8 Å². The molecule has 0 bridgehead atoms. The lowest BCUT2D eigenvalue weighted by Gasteiger charge is -2.32. The predicted molar refractivity (Wildman–Crippen MR) is 199 cm³/mol. The number of nitrogens with one attached hydrogen (secondary N) is 2. The molecule has 0 radical (unpaired) electrons. The summed E-state index contributed by atoms with van der Waals surface area (Å²) < 4.78 is 31.7. The number of nitrogens with two attached hydrogens (primary N) is 4. The number of amides is 3. The number of aliphatic imine (C=N–C) groups is 1. The molecule has 0 aliphatic heterocycles. The van der Waals surface area contributed by atoms with Gasteiger partial charge in [-0.1, -0.05) is 97.1 Å². The maximum atomic E-state index is 14.6. The molecule has 54 heavy (non-hydrogen) atoms. The molecule has 4 aromatic carbocycles. The van der Waals surface area contributed by atoms with Crippen LogP contribution >= 0.6 is 0 Å². The highest BCUT2D eigenvalue weighted by atomic mass is 19.4. The third-order valence-corrected chi connectivity index (χ3v) is 8.42. The highest BCUT2D eigenvalue weighted by molar-refractivity contribution is 5.95. The molecule has 4 aromatic rings. The Morgan fingerprint density at radius 2 is 1.41 bits per heavy atom. The van der Waals surface area contributed by atoms with Crippen molar-refractivity contribution in [3.05, 3.63) is 119 Å². The molecular weight excluding hydrogens is 705 g/mol. The van der Waals surface area contributed by atoms with Crippen molar-refractivity contribution >= 4 is 46.3 Å². The van der Waals surface area contributed by atoms with Crippen molar-refractivity contribution in [2.45, 2.75) is 49.9 Å². The van der Waals surface area contributed by atoms with Gasteiger partial charge < -0.3 is 38.3 Å². The van der Waals surface area contributed by atoms with Gasteiger partial charge >= 0.3 is 12.1 Å². The van der Waals surface area contributed by atoms with Crippen molar-refractivity contribution in [2.75, 3.05) is 13.6 Å². The van der Waals surface area contributed by atoms with Gasteiger partial charge in [-0.2, -0.15) is 13.2 Å². The third-order valence-electron chi connectivity index (χ3n) is 8.42. The molecule has 0 aliphatic carbocycles. The average molecular weight is 749 g/mol. The minimum absolute atomic E-state index is 0.0429. The van der Waals surface area contributed by atoms with E-state index in [0.717, 1.165) is 27.5 Å². The molecule has 0 aliphatic rings. The van der Waals surface area contributed by atoms with E-state index in [1.807, 2.05) is 84.9 Å². The Morgan fingerprint density at radius 3 is 1.96 bits per heavy atom. The number of fused-ring (bicyclic) bond motifs is 1. The zero-order chi connectivity index (χ0) is 40.0. The summed E-state index contributed by atoms with van der Waals surface area (Å²) >= 11 is 0. The minimum Gasteiger partial charge on any atom is -0.475 e. The van der Waals surface area contributed by atoms with Gasteiger partial charge in [-0.3, -0.25) is 24.8 Å². The number of carboxylic acid groups (broad SMARTS) is 1. The first-order valence-electron chi connectivity index (χ1n) is 16.7. The number of carboxylic acids is 1. The van der Waals surface area contributed by atoms with Gasteiger partial charge in [-0.05, 0) is 46.7 Å². The number of halogens is 3. The van der Waals surface area contributed by atoms with Gasteiger partial charge in [0, 0.05) is 25.6 Å². The Hall–Kier alpha value is -6.45. The molecule has 0 heterocycles. The van der Waals surface area contributed by atoms with Crippen LogP contribution in [0.3, 0.4) is 0 Å². The molecule has 13 nitrogen and oxygen atoms in total. The summed E-state index contributed by atoms with van der Waals surface area (Å²) in [4.78, 5) is 55.1. The van der Waals surface area contributed by atoms with E-state index in [4.69, 9.17) is 38.2 Å². The molecule has 1 unspecified atom stereocenters. The largest absolute Gasteiger partial charge is 0.490 e. The molecule has 0 saturated heterocycles. The molecule has 0 saturated carbocycles. The number of guanidine groups is 1. The zero-order valence-electron chi connectivity index (χ0n) is 29.4. The summed E-state index contributed by atoms with van der Waals surface area (Å²) in [5, 5.41) is 19.7. The number of aliphatic carboxylic acids is 1. The Labute approximate surface area is 309 Å². The maximum absolute atomic E-state index is 14.6. The van der Waals surface area contributed by atoms with Crippen LogP contribution in [0, 0.1) is 5.41 Å². The summed E-state index contributed by atoms with van der Waals surface area (Å²) in [5.74, 6) is -4.98. The van der Waals surface area contributed by atoms with Crippen molar-refractivity contribution in [2.24, 2.45) is 27.9 Å². The van der Waals surface area contributed by atoms with Crippen LogP contribution in [0.4, 0.5) is 13.2 Å². The van der Waals surface area contributed by atoms with Gasteiger partial charge in [0.1, 0.15) is 17.9 Å². The van der Waals surface area contributed by atoms with Crippen molar-refractivity contribution in [1.82, 2.24) is 10.2 Å². The van der Waals surface area contributed by atoms with E-state index in [1.165, 1.54) is 4.90 Å². The number of alkyl halides is 3. The van der Waals surface area contributed by atoms with Crippen molar-refractivity contribution < 1.29 is 37.5 Å². The lowest BCUT2D eigenvalue weighted by Crippen LogP contribution is -2.54. The van der Waals surface area contributed by atoms with Crippen LogP contribution in [0.1, 0.15) is 41.0 Å². The van der Waals surface area contributed by atoms with Crippen molar-refractivity contribution in [1.29, 1.82) is 5.41 Å². The van der Waals surface area contributed by atoms with Crippen LogP contribution in [-0.4, -0.2) is 77.3 Å². The van der Waals surface area contributed by atoms with Crippen LogP contribution in [-0.2, 0) is 32.0 Å². The predicted octanol–water partition coefficient (Wildman–Crippen LogP) is 3.18. The SMILES string of the molecule is CN(C(=O)C(Cc1ccc(C(=N)N)cc1)c1ccc2ccccc2c1)[C@@H](Cc1ccccc1)C(=O)N[C@@H](CCCN=C(N)N)C(N)=O.O=C(O)C(F)(F)F. The second-order valence-corrected chi connectivity index (χ2v) is 12.3. The second-order valence-electron chi connectivity index (χ2n) is 12.3. The normalized spacial score (nSPS) is 12.6. The van der Waals surface area contributed by atoms with Gasteiger partial charge in [0.25, 0.3) is 0 Å². The van der Waals surface area contributed by atoms with Gasteiger partial charge in [-0.15, -0.1) is 0 Å². The zero-order valence-corrected chi connectivity index (χ0v) is 29.4. The summed E-state index contributed by atoms with van der Waals surface area (Å²) in [6.07, 6.45) is -3.89. The first-order chi connectivity index (χ1) is 25.5. The van der Waals surface area contributed by atoms with E-state index in [1.54, 1.807) is 19.2 Å². The lowest BCUT2D eigenvalue weighted by atomic mass is 9.88. The van der Waals surface area contributed by atoms with Crippen LogP contribution in [0.5, 0.6) is 0 Å². The van der Waals surface area contributed by atoms with Gasteiger partial charge in [0.15, 0.2) is 5.96 Å². The second kappa shape index (κ2) is 19.4. The fraction of sp³-hybridized carbons (Fsp3) is 0.263. The lowest BCUT2D eigenvalue weighted by molar-refractivity contribution is -0.192. The van der Waals surface area contributed by atoms with E-state index < -0.39 is 42.0 Å².